The fraction of sp³-hybridized carbons (Fsp3) is 0.455. The summed E-state index contributed by atoms with van der Waals surface area (Å²) in [5.41, 5.74) is -0.983. The van der Waals surface area contributed by atoms with Crippen LogP contribution in [-0.4, -0.2) is 22.2 Å². The molecule has 1 aromatic rings. The standard InChI is InChI=1S/C11H14BrNO4/c1-3-11(2,14)7-17-10-6-8(13(15)16)4-5-9(10)12/h4-6,14H,3,7H2,1-2H3. The molecule has 1 N–H and O–H groups in total. The minimum absolute atomic E-state index is 0.0423. The van der Waals surface area contributed by atoms with E-state index in [-0.39, 0.29) is 12.3 Å². The Bertz CT molecular complexity index is 420. The van der Waals surface area contributed by atoms with Gasteiger partial charge in [0.2, 0.25) is 0 Å². The lowest BCUT2D eigenvalue weighted by Gasteiger charge is -2.21. The summed E-state index contributed by atoms with van der Waals surface area (Å²) in [6, 6.07) is 4.26. The molecule has 1 rings (SSSR count). The number of hydrogen-bond donors (Lipinski definition) is 1. The molecule has 6 heteroatoms. The molecule has 0 saturated carbocycles. The quantitative estimate of drug-likeness (QED) is 0.670. The predicted octanol–water partition coefficient (Wildman–Crippen LogP) is 2.90. The Labute approximate surface area is 108 Å². The molecule has 1 unspecified atom stereocenters. The van der Waals surface area contributed by atoms with E-state index in [9.17, 15) is 15.2 Å². The fourth-order valence-electron chi connectivity index (χ4n) is 1.05. The number of nitrogens with zero attached hydrogens (tertiary/aromatic N) is 1. The van der Waals surface area contributed by atoms with Gasteiger partial charge in [-0.1, -0.05) is 6.92 Å². The van der Waals surface area contributed by atoms with Crippen molar-refractivity contribution < 1.29 is 14.8 Å². The van der Waals surface area contributed by atoms with E-state index in [0.717, 1.165) is 0 Å². The molecule has 0 amide bonds. The maximum absolute atomic E-state index is 10.6. The third kappa shape index (κ3) is 3.98. The molecule has 1 aromatic carbocycles. The SMILES string of the molecule is CCC(C)(O)COc1cc([N+](=O)[O-])ccc1Br. The summed E-state index contributed by atoms with van der Waals surface area (Å²) in [6.07, 6.45) is 0.541. The minimum Gasteiger partial charge on any atom is -0.489 e. The molecular weight excluding hydrogens is 290 g/mol. The summed E-state index contributed by atoms with van der Waals surface area (Å²) < 4.78 is 6.00. The molecule has 0 spiro atoms. The number of nitro groups is 1. The number of rotatable bonds is 5. The van der Waals surface area contributed by atoms with E-state index in [4.69, 9.17) is 4.74 Å². The molecule has 0 aliphatic carbocycles. The van der Waals surface area contributed by atoms with Crippen LogP contribution >= 0.6 is 15.9 Å². The highest BCUT2D eigenvalue weighted by Crippen LogP contribution is 2.30. The molecule has 94 valence electrons. The van der Waals surface area contributed by atoms with E-state index in [0.29, 0.717) is 16.6 Å². The van der Waals surface area contributed by atoms with Crippen LogP contribution in [0.25, 0.3) is 0 Å². The van der Waals surface area contributed by atoms with Crippen molar-refractivity contribution >= 4 is 21.6 Å². The van der Waals surface area contributed by atoms with Gasteiger partial charge >= 0.3 is 0 Å². The van der Waals surface area contributed by atoms with Crippen molar-refractivity contribution in [1.29, 1.82) is 0 Å². The molecular formula is C11H14BrNO4. The lowest BCUT2D eigenvalue weighted by molar-refractivity contribution is -0.385. The molecule has 0 aliphatic rings. The number of non-ortho nitro benzene ring substituents is 1. The van der Waals surface area contributed by atoms with Crippen LogP contribution in [0.3, 0.4) is 0 Å². The van der Waals surface area contributed by atoms with Gasteiger partial charge in [-0.25, -0.2) is 0 Å². The van der Waals surface area contributed by atoms with E-state index in [1.54, 1.807) is 13.0 Å². The second-order valence-corrected chi connectivity index (χ2v) is 4.87. The van der Waals surface area contributed by atoms with Crippen molar-refractivity contribution in [3.63, 3.8) is 0 Å². The van der Waals surface area contributed by atoms with Crippen molar-refractivity contribution in [3.05, 3.63) is 32.8 Å². The van der Waals surface area contributed by atoms with Crippen molar-refractivity contribution in [2.75, 3.05) is 6.61 Å². The van der Waals surface area contributed by atoms with Gasteiger partial charge in [0, 0.05) is 6.07 Å². The van der Waals surface area contributed by atoms with Crippen molar-refractivity contribution in [2.24, 2.45) is 0 Å². The zero-order valence-electron chi connectivity index (χ0n) is 9.64. The van der Waals surface area contributed by atoms with Gasteiger partial charge in [0.05, 0.1) is 21.1 Å². The molecule has 17 heavy (non-hydrogen) atoms. The smallest absolute Gasteiger partial charge is 0.273 e. The molecule has 0 aliphatic heterocycles. The fourth-order valence-corrected chi connectivity index (χ4v) is 1.41. The lowest BCUT2D eigenvalue weighted by atomic mass is 10.1. The topological polar surface area (TPSA) is 72.6 Å². The zero-order valence-corrected chi connectivity index (χ0v) is 11.2. The molecule has 0 heterocycles. The predicted molar refractivity (Wildman–Crippen MR) is 67.2 cm³/mol. The summed E-state index contributed by atoms with van der Waals surface area (Å²) in [7, 11) is 0. The molecule has 0 radical (unpaired) electrons. The molecule has 0 fully saturated rings. The third-order valence-electron chi connectivity index (χ3n) is 2.43. The average Bonchev–Trinajstić information content (AvgIpc) is 2.27. The van der Waals surface area contributed by atoms with Crippen LogP contribution in [0.4, 0.5) is 5.69 Å². The average molecular weight is 304 g/mol. The third-order valence-corrected chi connectivity index (χ3v) is 3.08. The monoisotopic (exact) mass is 303 g/mol. The first-order valence-electron chi connectivity index (χ1n) is 5.15. The second-order valence-electron chi connectivity index (χ2n) is 4.01. The number of halogens is 1. The van der Waals surface area contributed by atoms with Gasteiger partial charge in [0.15, 0.2) is 0 Å². The van der Waals surface area contributed by atoms with E-state index in [1.165, 1.54) is 12.1 Å². The van der Waals surface area contributed by atoms with Crippen LogP contribution in [0.2, 0.25) is 0 Å². The minimum atomic E-state index is -0.940. The maximum atomic E-state index is 10.6. The Kier molecular flexibility index (Phi) is 4.47. The van der Waals surface area contributed by atoms with Crippen molar-refractivity contribution in [1.82, 2.24) is 0 Å². The highest BCUT2D eigenvalue weighted by Gasteiger charge is 2.20. The van der Waals surface area contributed by atoms with Crippen LogP contribution < -0.4 is 4.74 Å². The lowest BCUT2D eigenvalue weighted by Crippen LogP contribution is -2.31. The van der Waals surface area contributed by atoms with Crippen LogP contribution in [0.1, 0.15) is 20.3 Å². The van der Waals surface area contributed by atoms with E-state index < -0.39 is 10.5 Å². The molecule has 5 nitrogen and oxygen atoms in total. The number of benzene rings is 1. The Balaban J connectivity index is 2.83. The van der Waals surface area contributed by atoms with Crippen LogP contribution in [0, 0.1) is 10.1 Å². The van der Waals surface area contributed by atoms with E-state index in [1.807, 2.05) is 6.92 Å². The first-order chi connectivity index (χ1) is 7.85. The highest BCUT2D eigenvalue weighted by molar-refractivity contribution is 9.10. The Morgan fingerprint density at radius 2 is 2.24 bits per heavy atom. The number of ether oxygens (including phenoxy) is 1. The summed E-state index contributed by atoms with van der Waals surface area (Å²) in [4.78, 5) is 10.1. The van der Waals surface area contributed by atoms with Gasteiger partial charge in [-0.2, -0.15) is 0 Å². The first kappa shape index (κ1) is 13.9. The van der Waals surface area contributed by atoms with Gasteiger partial charge in [-0.3, -0.25) is 10.1 Å². The number of nitro benzene ring substituents is 1. The maximum Gasteiger partial charge on any atom is 0.273 e. The summed E-state index contributed by atoms with van der Waals surface area (Å²) in [6.45, 7) is 3.58. The zero-order chi connectivity index (χ0) is 13.1. The second kappa shape index (κ2) is 5.46. The van der Waals surface area contributed by atoms with Gasteiger partial charge in [-0.15, -0.1) is 0 Å². The number of aliphatic hydroxyl groups is 1. The largest absolute Gasteiger partial charge is 0.489 e. The summed E-state index contributed by atoms with van der Waals surface area (Å²) >= 11 is 3.24. The van der Waals surface area contributed by atoms with Crippen molar-refractivity contribution in [3.8, 4) is 5.75 Å². The Morgan fingerprint density at radius 3 is 2.76 bits per heavy atom. The van der Waals surface area contributed by atoms with Crippen LogP contribution in [-0.2, 0) is 0 Å². The Morgan fingerprint density at radius 1 is 1.59 bits per heavy atom. The number of hydrogen-bond acceptors (Lipinski definition) is 4. The normalized spacial score (nSPS) is 14.1. The van der Waals surface area contributed by atoms with Crippen molar-refractivity contribution in [2.45, 2.75) is 25.9 Å². The van der Waals surface area contributed by atoms with E-state index in [2.05, 4.69) is 15.9 Å². The van der Waals surface area contributed by atoms with Crippen LogP contribution in [0.5, 0.6) is 5.75 Å². The first-order valence-corrected chi connectivity index (χ1v) is 5.94. The summed E-state index contributed by atoms with van der Waals surface area (Å²) in [5.74, 6) is 0.355. The molecule has 0 bridgehead atoms. The molecule has 1 atom stereocenters. The highest BCUT2D eigenvalue weighted by atomic mass is 79.9. The van der Waals surface area contributed by atoms with Gasteiger partial charge in [-0.05, 0) is 35.3 Å². The summed E-state index contributed by atoms with van der Waals surface area (Å²) in [5, 5.41) is 20.4. The van der Waals surface area contributed by atoms with Crippen LogP contribution in [0.15, 0.2) is 22.7 Å². The van der Waals surface area contributed by atoms with E-state index >= 15 is 0 Å². The van der Waals surface area contributed by atoms with Gasteiger partial charge in [0.25, 0.3) is 5.69 Å². The Hall–Kier alpha value is -1.14. The molecule has 0 aromatic heterocycles. The van der Waals surface area contributed by atoms with Gasteiger partial charge in [0.1, 0.15) is 12.4 Å². The molecule has 0 saturated heterocycles. The van der Waals surface area contributed by atoms with Gasteiger partial charge < -0.3 is 9.84 Å².